The molecule has 3 aromatic carbocycles. The van der Waals surface area contributed by atoms with Crippen LogP contribution in [-0.2, 0) is 16.1 Å². The van der Waals surface area contributed by atoms with E-state index in [0.29, 0.717) is 21.6 Å². The average Bonchev–Trinajstić information content (AvgIpc) is 3.21. The third kappa shape index (κ3) is 4.95. The molecule has 0 aliphatic rings. The van der Waals surface area contributed by atoms with Crippen LogP contribution in [0.25, 0.3) is 17.1 Å². The van der Waals surface area contributed by atoms with Gasteiger partial charge in [-0.3, -0.25) is 9.36 Å². The Morgan fingerprint density at radius 3 is 2.45 bits per heavy atom. The molecule has 0 bridgehead atoms. The maximum absolute atomic E-state index is 14.6. The SMILES string of the molecule is O=C(CSc1nnc(-c2ccccc2Cl)n1-c1ccccc1F)OCc1ccccc1. The van der Waals surface area contributed by atoms with Crippen molar-refractivity contribution < 1.29 is 13.9 Å². The van der Waals surface area contributed by atoms with E-state index in [4.69, 9.17) is 16.3 Å². The number of ether oxygens (including phenoxy) is 1. The standard InChI is InChI=1S/C23H17ClFN3O2S/c24-18-11-5-4-10-17(18)22-26-27-23(28(22)20-13-7-6-12-19(20)25)31-15-21(29)30-14-16-8-2-1-3-9-16/h1-13H,14-15H2. The highest BCUT2D eigenvalue weighted by atomic mass is 35.5. The first kappa shape index (κ1) is 21.1. The molecule has 0 aliphatic carbocycles. The second-order valence-corrected chi connectivity index (χ2v) is 7.86. The second kappa shape index (κ2) is 9.76. The summed E-state index contributed by atoms with van der Waals surface area (Å²) in [4.78, 5) is 12.2. The topological polar surface area (TPSA) is 57.0 Å². The van der Waals surface area contributed by atoms with E-state index in [0.717, 1.165) is 17.3 Å². The Kier molecular flexibility index (Phi) is 6.64. The Labute approximate surface area is 187 Å². The molecule has 0 radical (unpaired) electrons. The Morgan fingerprint density at radius 2 is 1.68 bits per heavy atom. The van der Waals surface area contributed by atoms with Gasteiger partial charge < -0.3 is 4.74 Å². The van der Waals surface area contributed by atoms with Gasteiger partial charge in [0.25, 0.3) is 0 Å². The quantitative estimate of drug-likeness (QED) is 0.271. The molecule has 1 aromatic heterocycles. The first-order valence-corrected chi connectivity index (χ1v) is 10.8. The summed E-state index contributed by atoms with van der Waals surface area (Å²) in [7, 11) is 0. The summed E-state index contributed by atoms with van der Waals surface area (Å²) >= 11 is 7.46. The van der Waals surface area contributed by atoms with Crippen molar-refractivity contribution in [2.24, 2.45) is 0 Å². The minimum Gasteiger partial charge on any atom is -0.460 e. The van der Waals surface area contributed by atoms with E-state index < -0.39 is 11.8 Å². The van der Waals surface area contributed by atoms with Gasteiger partial charge in [-0.1, -0.05) is 78.0 Å². The average molecular weight is 454 g/mol. The van der Waals surface area contributed by atoms with Gasteiger partial charge in [-0.05, 0) is 29.8 Å². The van der Waals surface area contributed by atoms with Gasteiger partial charge in [0, 0.05) is 5.56 Å². The van der Waals surface area contributed by atoms with Gasteiger partial charge in [-0.25, -0.2) is 4.39 Å². The number of carbonyl (C=O) groups excluding carboxylic acids is 1. The summed E-state index contributed by atoms with van der Waals surface area (Å²) in [5.41, 5.74) is 1.78. The van der Waals surface area contributed by atoms with Crippen molar-refractivity contribution in [2.45, 2.75) is 11.8 Å². The summed E-state index contributed by atoms with van der Waals surface area (Å²) in [6.07, 6.45) is 0. The maximum atomic E-state index is 14.6. The highest BCUT2D eigenvalue weighted by Crippen LogP contribution is 2.32. The minimum absolute atomic E-state index is 0.00193. The van der Waals surface area contributed by atoms with Gasteiger partial charge in [0.1, 0.15) is 12.4 Å². The van der Waals surface area contributed by atoms with Crippen molar-refractivity contribution in [3.8, 4) is 17.1 Å². The second-order valence-electron chi connectivity index (χ2n) is 6.51. The molecule has 156 valence electrons. The van der Waals surface area contributed by atoms with Crippen molar-refractivity contribution in [3.63, 3.8) is 0 Å². The van der Waals surface area contributed by atoms with E-state index in [2.05, 4.69) is 10.2 Å². The van der Waals surface area contributed by atoms with Crippen LogP contribution in [0.5, 0.6) is 0 Å². The minimum atomic E-state index is -0.441. The van der Waals surface area contributed by atoms with E-state index in [1.54, 1.807) is 41.0 Å². The number of halogens is 2. The monoisotopic (exact) mass is 453 g/mol. The van der Waals surface area contributed by atoms with Crippen molar-refractivity contribution in [1.29, 1.82) is 0 Å². The zero-order valence-electron chi connectivity index (χ0n) is 16.2. The fourth-order valence-electron chi connectivity index (χ4n) is 2.93. The van der Waals surface area contributed by atoms with Crippen LogP contribution in [0.4, 0.5) is 4.39 Å². The largest absolute Gasteiger partial charge is 0.460 e. The number of benzene rings is 3. The Hall–Kier alpha value is -3.16. The fourth-order valence-corrected chi connectivity index (χ4v) is 3.90. The zero-order valence-corrected chi connectivity index (χ0v) is 17.8. The number of aromatic nitrogens is 3. The summed E-state index contributed by atoms with van der Waals surface area (Å²) in [6, 6.07) is 22.8. The lowest BCUT2D eigenvalue weighted by Gasteiger charge is -2.12. The Bertz CT molecular complexity index is 1200. The van der Waals surface area contributed by atoms with E-state index in [1.165, 1.54) is 6.07 Å². The predicted octanol–water partition coefficient (Wildman–Crippen LogP) is 5.56. The summed E-state index contributed by atoms with van der Waals surface area (Å²) in [5, 5.41) is 9.23. The van der Waals surface area contributed by atoms with Gasteiger partial charge in [-0.2, -0.15) is 0 Å². The molecular formula is C23H17ClFN3O2S. The molecule has 0 spiro atoms. The molecule has 0 amide bonds. The number of rotatable bonds is 7. The number of hydrogen-bond donors (Lipinski definition) is 0. The summed E-state index contributed by atoms with van der Waals surface area (Å²) in [6.45, 7) is 0.186. The van der Waals surface area contributed by atoms with Crippen LogP contribution in [0.2, 0.25) is 5.02 Å². The Balaban J connectivity index is 1.58. The molecule has 4 rings (SSSR count). The molecular weight excluding hydrogens is 437 g/mol. The maximum Gasteiger partial charge on any atom is 0.316 e. The number of para-hydroxylation sites is 1. The predicted molar refractivity (Wildman–Crippen MR) is 119 cm³/mol. The fraction of sp³-hybridized carbons (Fsp3) is 0.0870. The molecule has 4 aromatic rings. The van der Waals surface area contributed by atoms with Gasteiger partial charge in [-0.15, -0.1) is 10.2 Å². The van der Waals surface area contributed by atoms with Crippen molar-refractivity contribution in [2.75, 3.05) is 5.75 Å². The smallest absolute Gasteiger partial charge is 0.316 e. The van der Waals surface area contributed by atoms with Crippen molar-refractivity contribution in [3.05, 3.63) is 95.3 Å². The lowest BCUT2D eigenvalue weighted by Crippen LogP contribution is -2.09. The van der Waals surface area contributed by atoms with Crippen LogP contribution in [-0.4, -0.2) is 26.5 Å². The van der Waals surface area contributed by atoms with E-state index >= 15 is 0 Å². The normalized spacial score (nSPS) is 10.8. The molecule has 5 nitrogen and oxygen atoms in total. The number of hydrogen-bond acceptors (Lipinski definition) is 5. The highest BCUT2D eigenvalue weighted by molar-refractivity contribution is 7.99. The summed E-state index contributed by atoms with van der Waals surface area (Å²) < 4.78 is 21.5. The van der Waals surface area contributed by atoms with Gasteiger partial charge >= 0.3 is 5.97 Å². The van der Waals surface area contributed by atoms with E-state index in [-0.39, 0.29) is 18.0 Å². The molecule has 31 heavy (non-hydrogen) atoms. The lowest BCUT2D eigenvalue weighted by molar-refractivity contribution is -0.141. The third-order valence-corrected chi connectivity index (χ3v) is 5.64. The molecule has 0 saturated heterocycles. The molecule has 0 unspecified atom stereocenters. The van der Waals surface area contributed by atoms with E-state index in [1.807, 2.05) is 36.4 Å². The molecule has 0 aliphatic heterocycles. The van der Waals surface area contributed by atoms with Gasteiger partial charge in [0.2, 0.25) is 0 Å². The molecule has 0 saturated carbocycles. The first-order valence-electron chi connectivity index (χ1n) is 9.41. The molecule has 0 N–H and O–H groups in total. The first-order chi connectivity index (χ1) is 15.1. The van der Waals surface area contributed by atoms with E-state index in [9.17, 15) is 9.18 Å². The highest BCUT2D eigenvalue weighted by Gasteiger charge is 2.21. The van der Waals surface area contributed by atoms with Crippen LogP contribution in [0.1, 0.15) is 5.56 Å². The van der Waals surface area contributed by atoms with Crippen LogP contribution in [0.3, 0.4) is 0 Å². The van der Waals surface area contributed by atoms with Gasteiger partial charge in [0.15, 0.2) is 11.0 Å². The van der Waals surface area contributed by atoms with Crippen molar-refractivity contribution >= 4 is 29.3 Å². The molecule has 0 fully saturated rings. The lowest BCUT2D eigenvalue weighted by atomic mass is 10.2. The summed E-state index contributed by atoms with van der Waals surface area (Å²) in [5.74, 6) is -0.460. The van der Waals surface area contributed by atoms with Crippen LogP contribution in [0.15, 0.2) is 84.0 Å². The number of thioether (sulfide) groups is 1. The van der Waals surface area contributed by atoms with Crippen LogP contribution in [0, 0.1) is 5.82 Å². The van der Waals surface area contributed by atoms with Crippen LogP contribution >= 0.6 is 23.4 Å². The third-order valence-electron chi connectivity index (χ3n) is 4.40. The van der Waals surface area contributed by atoms with Crippen molar-refractivity contribution in [1.82, 2.24) is 14.8 Å². The number of esters is 1. The Morgan fingerprint density at radius 1 is 0.968 bits per heavy atom. The molecule has 0 atom stereocenters. The molecule has 8 heteroatoms. The zero-order chi connectivity index (χ0) is 21.6. The van der Waals surface area contributed by atoms with Crippen LogP contribution < -0.4 is 0 Å². The number of nitrogens with zero attached hydrogens (tertiary/aromatic N) is 3. The number of carbonyl (C=O) groups is 1. The van der Waals surface area contributed by atoms with Gasteiger partial charge in [0.05, 0.1) is 16.5 Å². The molecule has 1 heterocycles.